The van der Waals surface area contributed by atoms with Crippen LogP contribution in [0.4, 0.5) is 0 Å². The van der Waals surface area contributed by atoms with Gasteiger partial charge in [-0.05, 0) is 76.9 Å². The van der Waals surface area contributed by atoms with Gasteiger partial charge in [-0.15, -0.1) is 0 Å². The van der Waals surface area contributed by atoms with Crippen LogP contribution in [0.2, 0.25) is 0 Å². The molecule has 0 radical (unpaired) electrons. The van der Waals surface area contributed by atoms with Crippen molar-refractivity contribution < 1.29 is 13.2 Å². The third-order valence-corrected chi connectivity index (χ3v) is 7.60. The highest BCUT2D eigenvalue weighted by molar-refractivity contribution is 7.89. The van der Waals surface area contributed by atoms with Crippen molar-refractivity contribution in [1.29, 1.82) is 0 Å². The van der Waals surface area contributed by atoms with Gasteiger partial charge in [-0.25, -0.2) is 13.1 Å². The Hall–Kier alpha value is -2.45. The molecule has 1 aromatic carbocycles. The summed E-state index contributed by atoms with van der Waals surface area (Å²) in [6.45, 7) is 11.1. The Morgan fingerprint density at radius 3 is 2.24 bits per heavy atom. The van der Waals surface area contributed by atoms with Crippen molar-refractivity contribution in [3.05, 3.63) is 55.4 Å². The molecule has 2 aromatic rings. The molecule has 2 heterocycles. The van der Waals surface area contributed by atoms with Crippen molar-refractivity contribution in [1.82, 2.24) is 19.4 Å². The number of aromatic nitrogens is 2. The fraction of sp³-hybridized carbons (Fsp3) is 0.429. The molecular weight excluding hydrogens is 388 g/mol. The van der Waals surface area contributed by atoms with Gasteiger partial charge in [0.25, 0.3) is 0 Å². The molecule has 8 heteroatoms. The van der Waals surface area contributed by atoms with Crippen LogP contribution in [0.25, 0.3) is 5.69 Å². The van der Waals surface area contributed by atoms with Crippen LogP contribution in [0, 0.1) is 0 Å². The van der Waals surface area contributed by atoms with E-state index in [1.807, 2.05) is 33.8 Å². The van der Waals surface area contributed by atoms with Crippen LogP contribution in [0.5, 0.6) is 0 Å². The summed E-state index contributed by atoms with van der Waals surface area (Å²) < 4.78 is 30.5. The van der Waals surface area contributed by atoms with Gasteiger partial charge in [0.15, 0.2) is 0 Å². The number of hydrogen-bond acceptors (Lipinski definition) is 4. The minimum absolute atomic E-state index is 0.126. The minimum atomic E-state index is -3.75. The molecule has 1 aliphatic heterocycles. The van der Waals surface area contributed by atoms with Crippen molar-refractivity contribution in [2.75, 3.05) is 0 Å². The first-order valence-electron chi connectivity index (χ1n) is 9.56. The Morgan fingerprint density at radius 1 is 1.17 bits per heavy atom. The van der Waals surface area contributed by atoms with E-state index in [4.69, 9.17) is 0 Å². The molecule has 1 N–H and O–H groups in total. The van der Waals surface area contributed by atoms with E-state index in [-0.39, 0.29) is 16.8 Å². The van der Waals surface area contributed by atoms with Crippen molar-refractivity contribution in [2.45, 2.75) is 62.6 Å². The monoisotopic (exact) mass is 416 g/mol. The normalized spacial score (nSPS) is 19.6. The summed E-state index contributed by atoms with van der Waals surface area (Å²) in [5, 5.41) is 7.10. The summed E-state index contributed by atoms with van der Waals surface area (Å²) >= 11 is 0. The molecule has 3 rings (SSSR count). The lowest BCUT2D eigenvalue weighted by molar-refractivity contribution is -0.118. The average molecular weight is 417 g/mol. The molecule has 0 saturated carbocycles. The lowest BCUT2D eigenvalue weighted by Gasteiger charge is -2.53. The fourth-order valence-electron chi connectivity index (χ4n) is 4.57. The first kappa shape index (κ1) is 21.3. The quantitative estimate of drug-likeness (QED) is 0.760. The second-order valence-corrected chi connectivity index (χ2v) is 10.4. The standard InChI is InChI=1S/C21H28N4O3S/c1-6-19(26)23-16-14-20(2,3)25(21(4,5)15-16)29(27,28)18-10-8-17(9-11-18)24-13-7-12-22-24/h6-13,16H,1,14-15H2,2-5H3,(H,23,26). The first-order valence-corrected chi connectivity index (χ1v) is 11.0. The van der Waals surface area contributed by atoms with Crippen LogP contribution in [0.15, 0.2) is 60.3 Å². The Morgan fingerprint density at radius 2 is 1.76 bits per heavy atom. The zero-order valence-electron chi connectivity index (χ0n) is 17.3. The van der Waals surface area contributed by atoms with E-state index in [0.29, 0.717) is 12.8 Å². The Kier molecular flexibility index (Phi) is 5.44. The minimum Gasteiger partial charge on any atom is -0.350 e. The molecule has 1 amide bonds. The fourth-order valence-corrected chi connectivity index (χ4v) is 6.72. The third kappa shape index (κ3) is 4.13. The van der Waals surface area contributed by atoms with E-state index < -0.39 is 21.1 Å². The van der Waals surface area contributed by atoms with Crippen LogP contribution in [-0.4, -0.2) is 45.5 Å². The summed E-state index contributed by atoms with van der Waals surface area (Å²) in [7, 11) is -3.75. The number of carbonyl (C=O) groups is 1. The maximum absolute atomic E-state index is 13.6. The molecule has 1 aliphatic rings. The molecule has 7 nitrogen and oxygen atoms in total. The summed E-state index contributed by atoms with van der Waals surface area (Å²) in [6.07, 6.45) is 5.74. The highest BCUT2D eigenvalue weighted by Crippen LogP contribution is 2.42. The largest absolute Gasteiger partial charge is 0.350 e. The van der Waals surface area contributed by atoms with Crippen molar-refractivity contribution in [3.63, 3.8) is 0 Å². The highest BCUT2D eigenvalue weighted by Gasteiger charge is 2.51. The number of hydrogen-bond donors (Lipinski definition) is 1. The van der Waals surface area contributed by atoms with Crippen LogP contribution in [0.3, 0.4) is 0 Å². The van der Waals surface area contributed by atoms with E-state index in [2.05, 4.69) is 17.0 Å². The maximum atomic E-state index is 13.6. The molecule has 156 valence electrons. The Bertz CT molecular complexity index is 975. The SMILES string of the molecule is C=CC(=O)NC1CC(C)(C)N(S(=O)(=O)c2ccc(-n3cccn3)cc2)C(C)(C)C1. The van der Waals surface area contributed by atoms with Gasteiger partial charge in [0.05, 0.1) is 10.6 Å². The second kappa shape index (κ2) is 7.42. The predicted octanol–water partition coefficient (Wildman–Crippen LogP) is 2.88. The molecule has 0 bridgehead atoms. The molecule has 29 heavy (non-hydrogen) atoms. The van der Waals surface area contributed by atoms with Crippen molar-refractivity contribution >= 4 is 15.9 Å². The number of benzene rings is 1. The van der Waals surface area contributed by atoms with E-state index in [9.17, 15) is 13.2 Å². The van der Waals surface area contributed by atoms with Crippen LogP contribution in [0.1, 0.15) is 40.5 Å². The molecule has 0 aliphatic carbocycles. The zero-order valence-corrected chi connectivity index (χ0v) is 18.1. The van der Waals surface area contributed by atoms with E-state index in [0.717, 1.165) is 5.69 Å². The zero-order chi connectivity index (χ0) is 21.4. The number of sulfonamides is 1. The first-order chi connectivity index (χ1) is 13.5. The van der Waals surface area contributed by atoms with Crippen LogP contribution < -0.4 is 5.32 Å². The number of carbonyl (C=O) groups excluding carboxylic acids is 1. The predicted molar refractivity (Wildman–Crippen MR) is 112 cm³/mol. The molecule has 0 unspecified atom stereocenters. The van der Waals surface area contributed by atoms with Gasteiger partial charge >= 0.3 is 0 Å². The molecular formula is C21H28N4O3S. The van der Waals surface area contributed by atoms with E-state index in [1.54, 1.807) is 45.6 Å². The molecule has 1 saturated heterocycles. The smallest absolute Gasteiger partial charge is 0.244 e. The maximum Gasteiger partial charge on any atom is 0.244 e. The third-order valence-electron chi connectivity index (χ3n) is 5.27. The summed E-state index contributed by atoms with van der Waals surface area (Å²) in [4.78, 5) is 12.0. The number of nitrogens with zero attached hydrogens (tertiary/aromatic N) is 3. The number of piperidine rings is 1. The average Bonchev–Trinajstić information content (AvgIpc) is 3.13. The van der Waals surface area contributed by atoms with Gasteiger partial charge in [-0.2, -0.15) is 9.40 Å². The van der Waals surface area contributed by atoms with Gasteiger partial charge in [-0.3, -0.25) is 4.79 Å². The molecule has 0 atom stereocenters. The van der Waals surface area contributed by atoms with Gasteiger partial charge < -0.3 is 5.32 Å². The Labute approximate surface area is 172 Å². The lowest BCUT2D eigenvalue weighted by atomic mass is 9.79. The van der Waals surface area contributed by atoms with Gasteiger partial charge in [0, 0.05) is 29.5 Å². The van der Waals surface area contributed by atoms with Gasteiger partial charge in [-0.1, -0.05) is 6.58 Å². The molecule has 1 aromatic heterocycles. The van der Waals surface area contributed by atoms with Crippen molar-refractivity contribution in [3.8, 4) is 5.69 Å². The molecule has 0 spiro atoms. The highest BCUT2D eigenvalue weighted by atomic mass is 32.2. The Balaban J connectivity index is 1.93. The number of amides is 1. The summed E-state index contributed by atoms with van der Waals surface area (Å²) in [6, 6.07) is 8.41. The van der Waals surface area contributed by atoms with Crippen LogP contribution >= 0.6 is 0 Å². The topological polar surface area (TPSA) is 84.3 Å². The van der Waals surface area contributed by atoms with Gasteiger partial charge in [0.2, 0.25) is 15.9 Å². The second-order valence-electron chi connectivity index (χ2n) is 8.66. The van der Waals surface area contributed by atoms with E-state index in [1.165, 1.54) is 6.08 Å². The summed E-state index contributed by atoms with van der Waals surface area (Å²) in [5.74, 6) is -0.243. The van der Waals surface area contributed by atoms with Gasteiger partial charge in [0.1, 0.15) is 0 Å². The van der Waals surface area contributed by atoms with Crippen LogP contribution in [-0.2, 0) is 14.8 Å². The van der Waals surface area contributed by atoms with E-state index >= 15 is 0 Å². The summed E-state index contributed by atoms with van der Waals surface area (Å²) in [5.41, 5.74) is -0.570. The van der Waals surface area contributed by atoms with Crippen molar-refractivity contribution in [2.24, 2.45) is 0 Å². The number of rotatable bonds is 5. The lowest BCUT2D eigenvalue weighted by Crippen LogP contribution is -2.65. The number of nitrogens with one attached hydrogen (secondary N) is 1. The molecule has 1 fully saturated rings.